The van der Waals surface area contributed by atoms with E-state index >= 15 is 0 Å². The van der Waals surface area contributed by atoms with Crippen LogP contribution < -0.4 is 20.1 Å². The number of benzene rings is 1. The van der Waals surface area contributed by atoms with Crippen molar-refractivity contribution in [1.82, 2.24) is 20.8 Å². The molecule has 0 unspecified atom stereocenters. The molecule has 2 N–H and O–H groups in total. The Balaban J connectivity index is 1.66. The van der Waals surface area contributed by atoms with Crippen LogP contribution in [0.3, 0.4) is 0 Å². The number of hydrogen-bond acceptors (Lipinski definition) is 7. The lowest BCUT2D eigenvalue weighted by molar-refractivity contribution is -0.123. The summed E-state index contributed by atoms with van der Waals surface area (Å²) in [4.78, 5) is 29.7. The van der Waals surface area contributed by atoms with Gasteiger partial charge in [-0.25, -0.2) is 0 Å². The van der Waals surface area contributed by atoms with Crippen LogP contribution in [0.25, 0.3) is 11.3 Å². The zero-order chi connectivity index (χ0) is 23.8. The van der Waals surface area contributed by atoms with Crippen molar-refractivity contribution in [2.24, 2.45) is 5.92 Å². The quantitative estimate of drug-likeness (QED) is 0.486. The van der Waals surface area contributed by atoms with Gasteiger partial charge in [0.15, 0.2) is 11.5 Å². The van der Waals surface area contributed by atoms with E-state index in [0.717, 1.165) is 5.69 Å². The lowest BCUT2D eigenvalue weighted by Crippen LogP contribution is -2.50. The summed E-state index contributed by atoms with van der Waals surface area (Å²) in [5.41, 5.74) is 1.53. The Labute approximate surface area is 192 Å². The third kappa shape index (κ3) is 6.09. The molecular formula is C24H28N4O5. The van der Waals surface area contributed by atoms with Gasteiger partial charge in [-0.05, 0) is 36.2 Å². The first kappa shape index (κ1) is 23.8. The summed E-state index contributed by atoms with van der Waals surface area (Å²) in [6.45, 7) is 4.13. The van der Waals surface area contributed by atoms with Crippen molar-refractivity contribution in [2.45, 2.75) is 26.3 Å². The lowest BCUT2D eigenvalue weighted by Gasteiger charge is -2.21. The second-order valence-corrected chi connectivity index (χ2v) is 7.70. The SMILES string of the molecule is COc1ccc(OC)c(-c2cc(C(=O)N[C@H](C(=O)NCCc3ccccn3)C(C)C)no2)c1. The van der Waals surface area contributed by atoms with Gasteiger partial charge in [0.25, 0.3) is 5.91 Å². The van der Waals surface area contributed by atoms with Crippen LogP contribution in [0.5, 0.6) is 11.5 Å². The Kier molecular flexibility index (Phi) is 8.01. The summed E-state index contributed by atoms with van der Waals surface area (Å²) in [6.07, 6.45) is 2.31. The summed E-state index contributed by atoms with van der Waals surface area (Å²) in [5, 5.41) is 9.49. The zero-order valence-electron chi connectivity index (χ0n) is 19.1. The molecule has 1 atom stereocenters. The van der Waals surface area contributed by atoms with Gasteiger partial charge in [-0.15, -0.1) is 0 Å². The fourth-order valence-electron chi connectivity index (χ4n) is 3.24. The van der Waals surface area contributed by atoms with E-state index in [-0.39, 0.29) is 17.5 Å². The van der Waals surface area contributed by atoms with E-state index < -0.39 is 11.9 Å². The maximum Gasteiger partial charge on any atom is 0.274 e. The number of hydrogen-bond donors (Lipinski definition) is 2. The summed E-state index contributed by atoms with van der Waals surface area (Å²) in [5.74, 6) is 0.588. The van der Waals surface area contributed by atoms with Gasteiger partial charge in [0.2, 0.25) is 5.91 Å². The maximum absolute atomic E-state index is 12.8. The van der Waals surface area contributed by atoms with E-state index in [1.165, 1.54) is 13.2 Å². The smallest absolute Gasteiger partial charge is 0.274 e. The van der Waals surface area contributed by atoms with E-state index in [2.05, 4.69) is 20.8 Å². The van der Waals surface area contributed by atoms with Gasteiger partial charge >= 0.3 is 0 Å². The van der Waals surface area contributed by atoms with Crippen LogP contribution in [0, 0.1) is 5.92 Å². The van der Waals surface area contributed by atoms with E-state index in [9.17, 15) is 9.59 Å². The van der Waals surface area contributed by atoms with Crippen molar-refractivity contribution in [2.75, 3.05) is 20.8 Å². The van der Waals surface area contributed by atoms with Crippen LogP contribution in [0.4, 0.5) is 0 Å². The molecule has 3 rings (SSSR count). The molecule has 0 radical (unpaired) electrons. The maximum atomic E-state index is 12.8. The average Bonchev–Trinajstić information content (AvgIpc) is 3.32. The van der Waals surface area contributed by atoms with E-state index in [1.807, 2.05) is 32.0 Å². The molecule has 0 saturated heterocycles. The second-order valence-electron chi connectivity index (χ2n) is 7.70. The van der Waals surface area contributed by atoms with Gasteiger partial charge < -0.3 is 24.6 Å². The molecule has 174 valence electrons. The first-order valence-corrected chi connectivity index (χ1v) is 10.6. The molecule has 2 amide bonds. The Morgan fingerprint density at radius 2 is 1.91 bits per heavy atom. The summed E-state index contributed by atoms with van der Waals surface area (Å²) < 4.78 is 16.0. The van der Waals surface area contributed by atoms with Crippen molar-refractivity contribution in [3.63, 3.8) is 0 Å². The number of aromatic nitrogens is 2. The van der Waals surface area contributed by atoms with Crippen molar-refractivity contribution >= 4 is 11.8 Å². The summed E-state index contributed by atoms with van der Waals surface area (Å²) in [6, 6.07) is 11.6. The Morgan fingerprint density at radius 3 is 2.58 bits per heavy atom. The third-order valence-electron chi connectivity index (χ3n) is 5.06. The van der Waals surface area contributed by atoms with Crippen molar-refractivity contribution in [1.29, 1.82) is 0 Å². The molecule has 33 heavy (non-hydrogen) atoms. The summed E-state index contributed by atoms with van der Waals surface area (Å²) >= 11 is 0. The molecule has 3 aromatic rings. The minimum atomic E-state index is -0.729. The van der Waals surface area contributed by atoms with Gasteiger partial charge in [0, 0.05) is 30.9 Å². The molecule has 2 aromatic heterocycles. The monoisotopic (exact) mass is 452 g/mol. The highest BCUT2D eigenvalue weighted by Crippen LogP contribution is 2.33. The van der Waals surface area contributed by atoms with Crippen molar-refractivity contribution in [3.8, 4) is 22.8 Å². The molecule has 0 aliphatic carbocycles. The number of nitrogens with one attached hydrogen (secondary N) is 2. The number of methoxy groups -OCH3 is 2. The highest BCUT2D eigenvalue weighted by molar-refractivity contribution is 5.96. The number of pyridine rings is 1. The molecule has 0 spiro atoms. The van der Waals surface area contributed by atoms with Crippen LogP contribution in [0.15, 0.2) is 53.2 Å². The summed E-state index contributed by atoms with van der Waals surface area (Å²) in [7, 11) is 3.09. The minimum absolute atomic E-state index is 0.0572. The lowest BCUT2D eigenvalue weighted by atomic mass is 10.0. The Morgan fingerprint density at radius 1 is 1.09 bits per heavy atom. The molecule has 0 saturated carbocycles. The van der Waals surface area contributed by atoms with Crippen LogP contribution in [-0.2, 0) is 11.2 Å². The van der Waals surface area contributed by atoms with Gasteiger partial charge in [-0.1, -0.05) is 25.1 Å². The average molecular weight is 453 g/mol. The van der Waals surface area contributed by atoms with Crippen LogP contribution >= 0.6 is 0 Å². The van der Waals surface area contributed by atoms with E-state index in [4.69, 9.17) is 14.0 Å². The van der Waals surface area contributed by atoms with Crippen LogP contribution in [0.2, 0.25) is 0 Å². The number of amides is 2. The third-order valence-corrected chi connectivity index (χ3v) is 5.06. The highest BCUT2D eigenvalue weighted by Gasteiger charge is 2.26. The number of nitrogens with zero attached hydrogens (tertiary/aromatic N) is 2. The minimum Gasteiger partial charge on any atom is -0.497 e. The molecule has 0 fully saturated rings. The van der Waals surface area contributed by atoms with Crippen molar-refractivity contribution in [3.05, 3.63) is 60.0 Å². The van der Waals surface area contributed by atoms with Crippen molar-refractivity contribution < 1.29 is 23.6 Å². The fourth-order valence-corrected chi connectivity index (χ4v) is 3.24. The fraction of sp³-hybridized carbons (Fsp3) is 0.333. The molecule has 9 heteroatoms. The molecule has 0 aliphatic heterocycles. The van der Waals surface area contributed by atoms with Gasteiger partial charge in [0.1, 0.15) is 17.5 Å². The molecule has 0 bridgehead atoms. The van der Waals surface area contributed by atoms with Crippen LogP contribution in [0.1, 0.15) is 30.0 Å². The number of rotatable bonds is 10. The predicted molar refractivity (Wildman–Crippen MR) is 122 cm³/mol. The standard InChI is InChI=1S/C24H28N4O5/c1-15(2)22(24(30)26-12-10-16-7-5-6-11-25-16)27-23(29)19-14-21(33-28-19)18-13-17(31-3)8-9-20(18)32-4/h5-9,11,13-15,22H,10,12H2,1-4H3,(H,26,30)(H,27,29)/t22-/m0/s1. The van der Waals surface area contributed by atoms with E-state index in [0.29, 0.717) is 35.8 Å². The van der Waals surface area contributed by atoms with Crippen LogP contribution in [-0.4, -0.2) is 48.8 Å². The van der Waals surface area contributed by atoms with Gasteiger partial charge in [0.05, 0.1) is 19.8 Å². The Hall–Kier alpha value is -3.88. The van der Waals surface area contributed by atoms with Gasteiger partial charge in [-0.3, -0.25) is 14.6 Å². The van der Waals surface area contributed by atoms with Gasteiger partial charge in [-0.2, -0.15) is 0 Å². The normalized spacial score (nSPS) is 11.7. The predicted octanol–water partition coefficient (Wildman–Crippen LogP) is 2.87. The number of carbonyl (C=O) groups is 2. The molecule has 0 aliphatic rings. The number of ether oxygens (including phenoxy) is 2. The molecule has 9 nitrogen and oxygen atoms in total. The second kappa shape index (κ2) is 11.1. The number of carbonyl (C=O) groups excluding carboxylic acids is 2. The Bertz CT molecular complexity index is 1080. The topological polar surface area (TPSA) is 116 Å². The first-order valence-electron chi connectivity index (χ1n) is 10.6. The molecule has 1 aromatic carbocycles. The highest BCUT2D eigenvalue weighted by atomic mass is 16.5. The zero-order valence-corrected chi connectivity index (χ0v) is 19.1. The molecule has 2 heterocycles. The molecular weight excluding hydrogens is 424 g/mol. The first-order chi connectivity index (χ1) is 15.9. The van der Waals surface area contributed by atoms with E-state index in [1.54, 1.807) is 31.5 Å². The largest absolute Gasteiger partial charge is 0.497 e.